The topological polar surface area (TPSA) is 90.0 Å². The standard InChI is InChI=1S/C17H17N7O/c1-11(2)24-14-6-4-3-5-13(14)19-16(24)9-18-17(25)12-7-8-15-20-21-22-23(15)10-12/h3-8,10-11H,9H2,1-2H3,(H,18,25). The molecule has 8 heteroatoms. The van der Waals surface area contributed by atoms with Gasteiger partial charge in [0.1, 0.15) is 5.82 Å². The summed E-state index contributed by atoms with van der Waals surface area (Å²) in [6.07, 6.45) is 1.61. The van der Waals surface area contributed by atoms with E-state index in [1.807, 2.05) is 24.3 Å². The number of fused-ring (bicyclic) bond motifs is 2. The van der Waals surface area contributed by atoms with E-state index >= 15 is 0 Å². The zero-order chi connectivity index (χ0) is 17.4. The van der Waals surface area contributed by atoms with Gasteiger partial charge in [0.15, 0.2) is 5.65 Å². The average molecular weight is 335 g/mol. The maximum atomic E-state index is 12.4. The molecule has 1 amide bonds. The number of carbonyl (C=O) groups is 1. The number of para-hydroxylation sites is 2. The van der Waals surface area contributed by atoms with E-state index < -0.39 is 0 Å². The average Bonchev–Trinajstić information content (AvgIpc) is 3.22. The van der Waals surface area contributed by atoms with E-state index in [0.717, 1.165) is 16.9 Å². The fourth-order valence-electron chi connectivity index (χ4n) is 2.93. The van der Waals surface area contributed by atoms with Crippen molar-refractivity contribution >= 4 is 22.6 Å². The quantitative estimate of drug-likeness (QED) is 0.616. The van der Waals surface area contributed by atoms with Crippen LogP contribution in [0.5, 0.6) is 0 Å². The molecule has 126 valence electrons. The van der Waals surface area contributed by atoms with E-state index in [9.17, 15) is 4.79 Å². The number of pyridine rings is 1. The third-order valence-corrected chi connectivity index (χ3v) is 4.05. The minimum Gasteiger partial charge on any atom is -0.345 e. The molecule has 0 aliphatic rings. The molecule has 0 aliphatic carbocycles. The number of imidazole rings is 1. The van der Waals surface area contributed by atoms with Crippen molar-refractivity contribution in [1.29, 1.82) is 0 Å². The molecule has 0 saturated carbocycles. The molecule has 3 aromatic heterocycles. The fraction of sp³-hybridized carbons (Fsp3) is 0.235. The Morgan fingerprint density at radius 3 is 2.88 bits per heavy atom. The van der Waals surface area contributed by atoms with Crippen LogP contribution in [0.2, 0.25) is 0 Å². The lowest BCUT2D eigenvalue weighted by Crippen LogP contribution is -2.25. The van der Waals surface area contributed by atoms with Crippen molar-refractivity contribution in [1.82, 2.24) is 34.9 Å². The Hall–Kier alpha value is -3.29. The zero-order valence-corrected chi connectivity index (χ0v) is 13.9. The summed E-state index contributed by atoms with van der Waals surface area (Å²) >= 11 is 0. The molecule has 1 N–H and O–H groups in total. The van der Waals surface area contributed by atoms with Crippen LogP contribution in [0.4, 0.5) is 0 Å². The molecule has 0 atom stereocenters. The van der Waals surface area contributed by atoms with Crippen molar-refractivity contribution in [2.24, 2.45) is 0 Å². The Labute approximate surface area is 143 Å². The van der Waals surface area contributed by atoms with Crippen molar-refractivity contribution in [3.05, 3.63) is 54.0 Å². The van der Waals surface area contributed by atoms with Crippen LogP contribution in [0.1, 0.15) is 36.1 Å². The predicted molar refractivity (Wildman–Crippen MR) is 92.1 cm³/mol. The Kier molecular flexibility index (Phi) is 3.64. The second-order valence-corrected chi connectivity index (χ2v) is 6.06. The smallest absolute Gasteiger partial charge is 0.253 e. The van der Waals surface area contributed by atoms with Gasteiger partial charge in [-0.1, -0.05) is 12.1 Å². The van der Waals surface area contributed by atoms with Crippen LogP contribution >= 0.6 is 0 Å². The molecule has 0 fully saturated rings. The maximum absolute atomic E-state index is 12.4. The fourth-order valence-corrected chi connectivity index (χ4v) is 2.93. The van der Waals surface area contributed by atoms with Gasteiger partial charge < -0.3 is 9.88 Å². The number of carbonyl (C=O) groups excluding carboxylic acids is 1. The summed E-state index contributed by atoms with van der Waals surface area (Å²) in [6, 6.07) is 11.6. The first kappa shape index (κ1) is 15.3. The first-order chi connectivity index (χ1) is 12.1. The molecule has 3 heterocycles. The molecule has 4 rings (SSSR count). The Balaban J connectivity index is 1.59. The third kappa shape index (κ3) is 2.71. The van der Waals surface area contributed by atoms with E-state index in [4.69, 9.17) is 0 Å². The summed E-state index contributed by atoms with van der Waals surface area (Å²) in [6.45, 7) is 4.55. The van der Waals surface area contributed by atoms with E-state index in [2.05, 4.69) is 44.2 Å². The van der Waals surface area contributed by atoms with Gasteiger partial charge in [0.2, 0.25) is 0 Å². The summed E-state index contributed by atoms with van der Waals surface area (Å²) in [5, 5.41) is 14.1. The molecule has 0 aliphatic heterocycles. The van der Waals surface area contributed by atoms with Gasteiger partial charge in [-0.15, -0.1) is 5.10 Å². The predicted octanol–water partition coefficient (Wildman–Crippen LogP) is 1.98. The molecular weight excluding hydrogens is 318 g/mol. The second kappa shape index (κ2) is 5.97. The Bertz CT molecular complexity index is 1060. The third-order valence-electron chi connectivity index (χ3n) is 4.05. The molecule has 0 bridgehead atoms. The number of hydrogen-bond donors (Lipinski definition) is 1. The molecule has 1 aromatic carbocycles. The van der Waals surface area contributed by atoms with Gasteiger partial charge >= 0.3 is 0 Å². The van der Waals surface area contributed by atoms with Gasteiger partial charge in [0.05, 0.1) is 23.1 Å². The lowest BCUT2D eigenvalue weighted by atomic mass is 10.2. The number of tetrazole rings is 1. The molecular formula is C17H17N7O. The monoisotopic (exact) mass is 335 g/mol. The highest BCUT2D eigenvalue weighted by molar-refractivity contribution is 5.94. The lowest BCUT2D eigenvalue weighted by Gasteiger charge is -2.13. The van der Waals surface area contributed by atoms with Crippen molar-refractivity contribution < 1.29 is 4.79 Å². The number of nitrogens with one attached hydrogen (secondary N) is 1. The highest BCUT2D eigenvalue weighted by atomic mass is 16.1. The summed E-state index contributed by atoms with van der Waals surface area (Å²) in [5.74, 6) is 0.632. The zero-order valence-electron chi connectivity index (χ0n) is 13.9. The van der Waals surface area contributed by atoms with E-state index in [1.165, 1.54) is 4.52 Å². The molecule has 0 saturated heterocycles. The molecule has 4 aromatic rings. The van der Waals surface area contributed by atoms with Crippen LogP contribution in [0.3, 0.4) is 0 Å². The number of hydrogen-bond acceptors (Lipinski definition) is 5. The largest absolute Gasteiger partial charge is 0.345 e. The van der Waals surface area contributed by atoms with E-state index in [1.54, 1.807) is 18.3 Å². The van der Waals surface area contributed by atoms with Crippen LogP contribution in [-0.2, 0) is 6.54 Å². The van der Waals surface area contributed by atoms with E-state index in [-0.39, 0.29) is 11.9 Å². The SMILES string of the molecule is CC(C)n1c(CNC(=O)c2ccc3nnnn3c2)nc2ccccc21. The second-order valence-electron chi connectivity index (χ2n) is 6.06. The normalized spacial score (nSPS) is 11.5. The summed E-state index contributed by atoms with van der Waals surface area (Å²) in [5.41, 5.74) is 3.08. The minimum atomic E-state index is -0.195. The lowest BCUT2D eigenvalue weighted by molar-refractivity contribution is 0.0948. The molecule has 25 heavy (non-hydrogen) atoms. The van der Waals surface area contributed by atoms with Gasteiger partial charge in [0, 0.05) is 12.2 Å². The Morgan fingerprint density at radius 1 is 1.20 bits per heavy atom. The summed E-state index contributed by atoms with van der Waals surface area (Å²) in [7, 11) is 0. The first-order valence-electron chi connectivity index (χ1n) is 8.05. The number of aromatic nitrogens is 6. The summed E-state index contributed by atoms with van der Waals surface area (Å²) in [4.78, 5) is 17.1. The van der Waals surface area contributed by atoms with Crippen LogP contribution in [0.15, 0.2) is 42.6 Å². The molecule has 8 nitrogen and oxygen atoms in total. The molecule has 0 radical (unpaired) electrons. The van der Waals surface area contributed by atoms with E-state index in [0.29, 0.717) is 17.8 Å². The van der Waals surface area contributed by atoms with Gasteiger partial charge in [-0.3, -0.25) is 4.79 Å². The first-order valence-corrected chi connectivity index (χ1v) is 8.05. The number of rotatable bonds is 4. The van der Waals surface area contributed by atoms with Gasteiger partial charge in [0.25, 0.3) is 5.91 Å². The highest BCUT2D eigenvalue weighted by Gasteiger charge is 2.14. The maximum Gasteiger partial charge on any atom is 0.253 e. The van der Waals surface area contributed by atoms with Crippen LogP contribution in [-0.4, -0.2) is 35.5 Å². The Morgan fingerprint density at radius 2 is 2.04 bits per heavy atom. The van der Waals surface area contributed by atoms with Gasteiger partial charge in [-0.05, 0) is 48.5 Å². The molecule has 0 spiro atoms. The number of nitrogens with zero attached hydrogens (tertiary/aromatic N) is 6. The molecule has 0 unspecified atom stereocenters. The number of amides is 1. The van der Waals surface area contributed by atoms with Crippen LogP contribution in [0.25, 0.3) is 16.7 Å². The van der Waals surface area contributed by atoms with Crippen molar-refractivity contribution in [2.45, 2.75) is 26.4 Å². The van der Waals surface area contributed by atoms with Gasteiger partial charge in [-0.2, -0.15) is 4.52 Å². The summed E-state index contributed by atoms with van der Waals surface area (Å²) < 4.78 is 3.61. The van der Waals surface area contributed by atoms with Crippen molar-refractivity contribution in [2.75, 3.05) is 0 Å². The highest BCUT2D eigenvalue weighted by Crippen LogP contribution is 2.20. The minimum absolute atomic E-state index is 0.195. The van der Waals surface area contributed by atoms with Crippen LogP contribution < -0.4 is 5.32 Å². The van der Waals surface area contributed by atoms with Crippen molar-refractivity contribution in [3.63, 3.8) is 0 Å². The van der Waals surface area contributed by atoms with Crippen LogP contribution in [0, 0.1) is 0 Å². The number of benzene rings is 1. The van der Waals surface area contributed by atoms with Crippen molar-refractivity contribution in [3.8, 4) is 0 Å². The van der Waals surface area contributed by atoms with Gasteiger partial charge in [-0.25, -0.2) is 4.98 Å².